The minimum atomic E-state index is 0.0463. The van der Waals surface area contributed by atoms with Crippen molar-refractivity contribution in [3.8, 4) is 5.82 Å². The first kappa shape index (κ1) is 11.8. The Kier molecular flexibility index (Phi) is 2.98. The summed E-state index contributed by atoms with van der Waals surface area (Å²) in [6, 6.07) is 5.96. The average molecular weight is 230 g/mol. The molecule has 17 heavy (non-hydrogen) atoms. The molecule has 0 aliphatic rings. The van der Waals surface area contributed by atoms with Crippen molar-refractivity contribution in [1.82, 2.24) is 14.8 Å². The lowest BCUT2D eigenvalue weighted by atomic mass is 9.92. The molecule has 2 aromatic rings. The highest BCUT2D eigenvalue weighted by atomic mass is 15.3. The Morgan fingerprint density at radius 2 is 2.00 bits per heavy atom. The molecular weight excluding hydrogens is 212 g/mol. The quantitative estimate of drug-likeness (QED) is 0.858. The lowest BCUT2D eigenvalue weighted by Crippen LogP contribution is -2.18. The van der Waals surface area contributed by atoms with Crippen LogP contribution in [0.25, 0.3) is 5.82 Å². The van der Waals surface area contributed by atoms with Gasteiger partial charge in [-0.1, -0.05) is 26.8 Å². The summed E-state index contributed by atoms with van der Waals surface area (Å²) < 4.78 is 1.88. The van der Waals surface area contributed by atoms with Gasteiger partial charge < -0.3 is 5.73 Å². The molecule has 0 amide bonds. The van der Waals surface area contributed by atoms with Crippen molar-refractivity contribution in [2.24, 2.45) is 5.73 Å². The van der Waals surface area contributed by atoms with E-state index in [0.29, 0.717) is 6.54 Å². The second-order valence-electron chi connectivity index (χ2n) is 5.11. The van der Waals surface area contributed by atoms with Gasteiger partial charge in [0, 0.05) is 24.4 Å². The van der Waals surface area contributed by atoms with Crippen LogP contribution in [-0.4, -0.2) is 14.8 Å². The fourth-order valence-corrected chi connectivity index (χ4v) is 1.72. The zero-order chi connectivity index (χ0) is 12.5. The van der Waals surface area contributed by atoms with E-state index in [1.54, 1.807) is 12.4 Å². The van der Waals surface area contributed by atoms with Crippen molar-refractivity contribution in [3.05, 3.63) is 41.9 Å². The fraction of sp³-hybridized carbons (Fsp3) is 0.385. The molecule has 2 aromatic heterocycles. The van der Waals surface area contributed by atoms with Gasteiger partial charge in [0.15, 0.2) is 5.82 Å². The van der Waals surface area contributed by atoms with Crippen LogP contribution in [0.3, 0.4) is 0 Å². The van der Waals surface area contributed by atoms with Crippen molar-refractivity contribution < 1.29 is 0 Å². The summed E-state index contributed by atoms with van der Waals surface area (Å²) in [5, 5.41) is 4.33. The molecular formula is C13H18N4. The molecule has 0 saturated carbocycles. The Morgan fingerprint density at radius 1 is 1.24 bits per heavy atom. The van der Waals surface area contributed by atoms with E-state index in [9.17, 15) is 0 Å². The monoisotopic (exact) mass is 230 g/mol. The first-order valence-electron chi connectivity index (χ1n) is 5.72. The van der Waals surface area contributed by atoms with Crippen LogP contribution in [0, 0.1) is 0 Å². The van der Waals surface area contributed by atoms with E-state index in [1.807, 2.05) is 22.9 Å². The maximum atomic E-state index is 5.56. The van der Waals surface area contributed by atoms with E-state index in [-0.39, 0.29) is 5.41 Å². The normalized spacial score (nSPS) is 11.8. The topological polar surface area (TPSA) is 56.7 Å². The van der Waals surface area contributed by atoms with Gasteiger partial charge in [0.2, 0.25) is 0 Å². The lowest BCUT2D eigenvalue weighted by molar-refractivity contribution is 0.541. The summed E-state index contributed by atoms with van der Waals surface area (Å²) in [6.07, 6.45) is 3.60. The molecule has 4 heteroatoms. The first-order valence-corrected chi connectivity index (χ1v) is 5.72. The number of hydrogen-bond donors (Lipinski definition) is 1. The van der Waals surface area contributed by atoms with Gasteiger partial charge in [-0.3, -0.25) is 0 Å². The van der Waals surface area contributed by atoms with E-state index < -0.39 is 0 Å². The number of hydrogen-bond acceptors (Lipinski definition) is 3. The molecule has 2 N–H and O–H groups in total. The van der Waals surface area contributed by atoms with Crippen LogP contribution < -0.4 is 5.73 Å². The summed E-state index contributed by atoms with van der Waals surface area (Å²) >= 11 is 0. The molecule has 0 spiro atoms. The summed E-state index contributed by atoms with van der Waals surface area (Å²) in [5.74, 6) is 0.831. The molecule has 0 atom stereocenters. The summed E-state index contributed by atoms with van der Waals surface area (Å²) in [6.45, 7) is 7.00. The van der Waals surface area contributed by atoms with Crippen molar-refractivity contribution in [2.45, 2.75) is 32.7 Å². The summed E-state index contributed by atoms with van der Waals surface area (Å²) in [5.41, 5.74) is 7.77. The molecule has 0 fully saturated rings. The van der Waals surface area contributed by atoms with Gasteiger partial charge in [-0.2, -0.15) is 5.10 Å². The third-order valence-corrected chi connectivity index (χ3v) is 2.67. The van der Waals surface area contributed by atoms with Crippen molar-refractivity contribution in [2.75, 3.05) is 0 Å². The van der Waals surface area contributed by atoms with Crippen LogP contribution >= 0.6 is 0 Å². The molecule has 0 unspecified atom stereocenters. The minimum Gasteiger partial charge on any atom is -0.326 e. The number of aromatic nitrogens is 3. The average Bonchev–Trinajstić information content (AvgIpc) is 2.78. The van der Waals surface area contributed by atoms with E-state index >= 15 is 0 Å². The van der Waals surface area contributed by atoms with Gasteiger partial charge in [-0.05, 0) is 17.7 Å². The molecule has 0 radical (unpaired) electrons. The molecule has 2 heterocycles. The molecule has 4 nitrogen and oxygen atoms in total. The highest BCUT2D eigenvalue weighted by Crippen LogP contribution is 2.23. The third-order valence-electron chi connectivity index (χ3n) is 2.67. The zero-order valence-corrected chi connectivity index (χ0v) is 10.5. The SMILES string of the molecule is CC(C)(C)c1ccnn1-c1ccc(CN)cn1. The van der Waals surface area contributed by atoms with E-state index in [0.717, 1.165) is 17.1 Å². The predicted octanol–water partition coefficient (Wildman–Crippen LogP) is 2.02. The van der Waals surface area contributed by atoms with E-state index in [1.165, 1.54) is 0 Å². The second-order valence-corrected chi connectivity index (χ2v) is 5.11. The van der Waals surface area contributed by atoms with E-state index in [2.05, 4.69) is 30.9 Å². The second kappa shape index (κ2) is 4.30. The van der Waals surface area contributed by atoms with Gasteiger partial charge in [0.25, 0.3) is 0 Å². The molecule has 0 aliphatic carbocycles. The Labute approximate surface area is 101 Å². The predicted molar refractivity (Wildman–Crippen MR) is 68.0 cm³/mol. The number of rotatable bonds is 2. The van der Waals surface area contributed by atoms with Crippen LogP contribution in [-0.2, 0) is 12.0 Å². The van der Waals surface area contributed by atoms with Gasteiger partial charge in [0.05, 0.1) is 5.69 Å². The number of nitrogens with zero attached hydrogens (tertiary/aromatic N) is 3. The van der Waals surface area contributed by atoms with Crippen LogP contribution in [0.2, 0.25) is 0 Å². The molecule has 0 saturated heterocycles. The third kappa shape index (κ3) is 2.36. The van der Waals surface area contributed by atoms with Crippen LogP contribution in [0.15, 0.2) is 30.6 Å². The maximum absolute atomic E-state index is 5.56. The molecule has 2 rings (SSSR count). The van der Waals surface area contributed by atoms with Crippen molar-refractivity contribution >= 4 is 0 Å². The van der Waals surface area contributed by atoms with Gasteiger partial charge >= 0.3 is 0 Å². The number of pyridine rings is 1. The van der Waals surface area contributed by atoms with Crippen LogP contribution in [0.1, 0.15) is 32.0 Å². The fourth-order valence-electron chi connectivity index (χ4n) is 1.72. The Hall–Kier alpha value is -1.68. The Morgan fingerprint density at radius 3 is 2.53 bits per heavy atom. The lowest BCUT2D eigenvalue weighted by Gasteiger charge is -2.19. The van der Waals surface area contributed by atoms with E-state index in [4.69, 9.17) is 5.73 Å². The molecule has 0 aromatic carbocycles. The van der Waals surface area contributed by atoms with Crippen molar-refractivity contribution in [3.63, 3.8) is 0 Å². The van der Waals surface area contributed by atoms with Crippen LogP contribution in [0.4, 0.5) is 0 Å². The molecule has 0 aliphatic heterocycles. The highest BCUT2D eigenvalue weighted by molar-refractivity contribution is 5.29. The molecule has 0 bridgehead atoms. The molecule has 90 valence electrons. The van der Waals surface area contributed by atoms with Gasteiger partial charge in [0.1, 0.15) is 0 Å². The van der Waals surface area contributed by atoms with Crippen LogP contribution in [0.5, 0.6) is 0 Å². The smallest absolute Gasteiger partial charge is 0.153 e. The zero-order valence-electron chi connectivity index (χ0n) is 10.5. The first-order chi connectivity index (χ1) is 8.02. The maximum Gasteiger partial charge on any atom is 0.153 e. The minimum absolute atomic E-state index is 0.0463. The van der Waals surface area contributed by atoms with Gasteiger partial charge in [-0.25, -0.2) is 9.67 Å². The number of nitrogens with two attached hydrogens (primary N) is 1. The van der Waals surface area contributed by atoms with Crippen molar-refractivity contribution in [1.29, 1.82) is 0 Å². The standard InChI is InChI=1S/C13H18N4/c1-13(2,3)11-6-7-16-17(11)12-5-4-10(8-14)9-15-12/h4-7,9H,8,14H2,1-3H3. The largest absolute Gasteiger partial charge is 0.326 e. The Bertz CT molecular complexity index is 491. The Balaban J connectivity index is 2.43. The summed E-state index contributed by atoms with van der Waals surface area (Å²) in [4.78, 5) is 4.39. The van der Waals surface area contributed by atoms with Gasteiger partial charge in [-0.15, -0.1) is 0 Å². The highest BCUT2D eigenvalue weighted by Gasteiger charge is 2.19. The summed E-state index contributed by atoms with van der Waals surface area (Å²) in [7, 11) is 0.